The molecule has 3 N–H and O–H groups in total. The number of carbonyl (C=O) groups is 2. The maximum absolute atomic E-state index is 13.1. The van der Waals surface area contributed by atoms with E-state index in [4.69, 9.17) is 15.2 Å². The van der Waals surface area contributed by atoms with Crippen molar-refractivity contribution in [3.05, 3.63) is 59.4 Å². The van der Waals surface area contributed by atoms with Crippen LogP contribution in [0.3, 0.4) is 0 Å². The summed E-state index contributed by atoms with van der Waals surface area (Å²) in [5.41, 5.74) is 6.01. The number of carbonyl (C=O) groups excluding carboxylic acids is 2. The van der Waals surface area contributed by atoms with Gasteiger partial charge in [-0.25, -0.2) is 4.39 Å². The number of halogens is 1. The Morgan fingerprint density at radius 2 is 1.96 bits per heavy atom. The number of nitrogens with two attached hydrogens (primary N) is 1. The van der Waals surface area contributed by atoms with Crippen LogP contribution < -0.4 is 20.5 Å². The van der Waals surface area contributed by atoms with Gasteiger partial charge >= 0.3 is 0 Å². The van der Waals surface area contributed by atoms with Gasteiger partial charge in [0.25, 0.3) is 11.8 Å². The number of hydrogen-bond donors (Lipinski definition) is 2. The van der Waals surface area contributed by atoms with E-state index >= 15 is 0 Å². The molecule has 6 nitrogen and oxygen atoms in total. The van der Waals surface area contributed by atoms with Crippen LogP contribution in [0.1, 0.15) is 15.9 Å². The number of ether oxygens (including phenoxy) is 2. The SMILES string of the molecule is COc1cc(C(=O)NCc2cccc(F)c2)ccc1OCC(N)=O. The fourth-order valence-electron chi connectivity index (χ4n) is 2.01. The molecule has 0 bridgehead atoms. The molecular weight excluding hydrogens is 315 g/mol. The predicted octanol–water partition coefficient (Wildman–Crippen LogP) is 1.63. The van der Waals surface area contributed by atoms with Gasteiger partial charge in [-0.3, -0.25) is 9.59 Å². The molecule has 2 aromatic carbocycles. The van der Waals surface area contributed by atoms with Gasteiger partial charge in [-0.1, -0.05) is 12.1 Å². The lowest BCUT2D eigenvalue weighted by molar-refractivity contribution is -0.119. The summed E-state index contributed by atoms with van der Waals surface area (Å²) in [5, 5.41) is 2.69. The first-order chi connectivity index (χ1) is 11.5. The van der Waals surface area contributed by atoms with Crippen molar-refractivity contribution in [2.24, 2.45) is 5.73 Å². The summed E-state index contributed by atoms with van der Waals surface area (Å²) in [4.78, 5) is 22.9. The molecule has 2 aromatic rings. The van der Waals surface area contributed by atoms with Crippen LogP contribution in [0.25, 0.3) is 0 Å². The van der Waals surface area contributed by atoms with Gasteiger partial charge in [0.1, 0.15) is 5.82 Å². The maximum atomic E-state index is 13.1. The smallest absolute Gasteiger partial charge is 0.255 e. The lowest BCUT2D eigenvalue weighted by atomic mass is 10.1. The minimum absolute atomic E-state index is 0.193. The number of hydrogen-bond acceptors (Lipinski definition) is 4. The fourth-order valence-corrected chi connectivity index (χ4v) is 2.01. The van der Waals surface area contributed by atoms with Crippen LogP contribution in [0.15, 0.2) is 42.5 Å². The van der Waals surface area contributed by atoms with Gasteiger partial charge in [0, 0.05) is 12.1 Å². The Balaban J connectivity index is 2.05. The van der Waals surface area contributed by atoms with Gasteiger partial charge in [0.15, 0.2) is 18.1 Å². The molecule has 0 aliphatic rings. The number of methoxy groups -OCH3 is 1. The average Bonchev–Trinajstić information content (AvgIpc) is 2.57. The fraction of sp³-hybridized carbons (Fsp3) is 0.176. The first kappa shape index (κ1) is 17.3. The molecule has 0 aliphatic heterocycles. The summed E-state index contributed by atoms with van der Waals surface area (Å²) in [6, 6.07) is 10.5. The van der Waals surface area contributed by atoms with Crippen LogP contribution in [0, 0.1) is 5.82 Å². The molecular formula is C17H17FN2O4. The highest BCUT2D eigenvalue weighted by Crippen LogP contribution is 2.28. The van der Waals surface area contributed by atoms with E-state index in [1.165, 1.54) is 37.4 Å². The van der Waals surface area contributed by atoms with E-state index in [0.29, 0.717) is 22.6 Å². The molecule has 0 saturated carbocycles. The molecule has 7 heteroatoms. The molecule has 126 valence electrons. The molecule has 0 aromatic heterocycles. The first-order valence-electron chi connectivity index (χ1n) is 7.11. The third-order valence-corrected chi connectivity index (χ3v) is 3.14. The Hall–Kier alpha value is -3.09. The molecule has 2 rings (SSSR count). The molecule has 0 spiro atoms. The number of benzene rings is 2. The van der Waals surface area contributed by atoms with Gasteiger partial charge in [-0.2, -0.15) is 0 Å². The Morgan fingerprint density at radius 1 is 1.17 bits per heavy atom. The second-order valence-corrected chi connectivity index (χ2v) is 4.93. The molecule has 0 saturated heterocycles. The Labute approximate surface area is 138 Å². The zero-order valence-electron chi connectivity index (χ0n) is 13.0. The topological polar surface area (TPSA) is 90.7 Å². The van der Waals surface area contributed by atoms with Crippen LogP contribution in [-0.4, -0.2) is 25.5 Å². The minimum atomic E-state index is -0.617. The van der Waals surface area contributed by atoms with Crippen molar-refractivity contribution in [3.63, 3.8) is 0 Å². The van der Waals surface area contributed by atoms with Gasteiger partial charge < -0.3 is 20.5 Å². The third kappa shape index (κ3) is 4.70. The van der Waals surface area contributed by atoms with Crippen molar-refractivity contribution in [2.45, 2.75) is 6.54 Å². The molecule has 0 atom stereocenters. The summed E-state index contributed by atoms with van der Waals surface area (Å²) >= 11 is 0. The largest absolute Gasteiger partial charge is 0.493 e. The summed E-state index contributed by atoms with van der Waals surface area (Å²) in [7, 11) is 1.42. The molecule has 2 amide bonds. The van der Waals surface area contributed by atoms with Crippen LogP contribution in [0.4, 0.5) is 4.39 Å². The van der Waals surface area contributed by atoms with E-state index in [2.05, 4.69) is 5.32 Å². The monoisotopic (exact) mass is 332 g/mol. The molecule has 0 unspecified atom stereocenters. The van der Waals surface area contributed by atoms with Crippen LogP contribution in [0.5, 0.6) is 11.5 Å². The van der Waals surface area contributed by atoms with E-state index in [-0.39, 0.29) is 24.9 Å². The van der Waals surface area contributed by atoms with Crippen molar-refractivity contribution in [1.29, 1.82) is 0 Å². The second kappa shape index (κ2) is 7.96. The highest BCUT2D eigenvalue weighted by Gasteiger charge is 2.12. The summed E-state index contributed by atoms with van der Waals surface area (Å²) in [6.07, 6.45) is 0. The third-order valence-electron chi connectivity index (χ3n) is 3.14. The number of amides is 2. The average molecular weight is 332 g/mol. The first-order valence-corrected chi connectivity index (χ1v) is 7.11. The van der Waals surface area contributed by atoms with Crippen LogP contribution in [-0.2, 0) is 11.3 Å². The van der Waals surface area contributed by atoms with E-state index in [1.807, 2.05) is 0 Å². The minimum Gasteiger partial charge on any atom is -0.493 e. The van der Waals surface area contributed by atoms with E-state index in [9.17, 15) is 14.0 Å². The predicted molar refractivity (Wildman–Crippen MR) is 85.3 cm³/mol. The molecule has 24 heavy (non-hydrogen) atoms. The van der Waals surface area contributed by atoms with Crippen molar-refractivity contribution in [1.82, 2.24) is 5.32 Å². The zero-order chi connectivity index (χ0) is 17.5. The van der Waals surface area contributed by atoms with E-state index in [1.54, 1.807) is 12.1 Å². The summed E-state index contributed by atoms with van der Waals surface area (Å²) < 4.78 is 23.4. The molecule has 0 heterocycles. The molecule has 0 fully saturated rings. The normalized spacial score (nSPS) is 10.1. The van der Waals surface area contributed by atoms with Crippen molar-refractivity contribution in [2.75, 3.05) is 13.7 Å². The summed E-state index contributed by atoms with van der Waals surface area (Å²) in [6.45, 7) is -0.0969. The highest BCUT2D eigenvalue weighted by molar-refractivity contribution is 5.94. The van der Waals surface area contributed by atoms with Crippen LogP contribution >= 0.6 is 0 Å². The van der Waals surface area contributed by atoms with Gasteiger partial charge in [0.2, 0.25) is 0 Å². The maximum Gasteiger partial charge on any atom is 0.255 e. The van der Waals surface area contributed by atoms with Crippen molar-refractivity contribution < 1.29 is 23.5 Å². The number of rotatable bonds is 7. The second-order valence-electron chi connectivity index (χ2n) is 4.93. The van der Waals surface area contributed by atoms with Gasteiger partial charge in [0.05, 0.1) is 7.11 Å². The molecule has 0 aliphatic carbocycles. The van der Waals surface area contributed by atoms with Crippen molar-refractivity contribution in [3.8, 4) is 11.5 Å². The Bertz CT molecular complexity index is 749. The highest BCUT2D eigenvalue weighted by atomic mass is 19.1. The number of primary amides is 1. The lowest BCUT2D eigenvalue weighted by Gasteiger charge is -2.11. The number of nitrogens with one attached hydrogen (secondary N) is 1. The lowest BCUT2D eigenvalue weighted by Crippen LogP contribution is -2.23. The quantitative estimate of drug-likeness (QED) is 0.806. The standard InChI is InChI=1S/C17H17FN2O4/c1-23-15-8-12(5-6-14(15)24-10-16(19)21)17(22)20-9-11-3-2-4-13(18)7-11/h2-8H,9-10H2,1H3,(H2,19,21)(H,20,22). The van der Waals surface area contributed by atoms with Crippen LogP contribution in [0.2, 0.25) is 0 Å². The van der Waals surface area contributed by atoms with Crippen molar-refractivity contribution >= 4 is 11.8 Å². The Kier molecular flexibility index (Phi) is 5.73. The van der Waals surface area contributed by atoms with E-state index < -0.39 is 5.91 Å². The summed E-state index contributed by atoms with van der Waals surface area (Å²) in [5.74, 6) is -0.722. The molecule has 0 radical (unpaired) electrons. The Morgan fingerprint density at radius 3 is 2.62 bits per heavy atom. The van der Waals surface area contributed by atoms with Gasteiger partial charge in [-0.15, -0.1) is 0 Å². The van der Waals surface area contributed by atoms with Gasteiger partial charge in [-0.05, 0) is 35.9 Å². The van der Waals surface area contributed by atoms with E-state index in [0.717, 1.165) is 0 Å². The zero-order valence-corrected chi connectivity index (χ0v) is 13.0.